The fourth-order valence-corrected chi connectivity index (χ4v) is 3.72. The lowest BCUT2D eigenvalue weighted by molar-refractivity contribution is 0.0393. The lowest BCUT2D eigenvalue weighted by Crippen LogP contribution is -2.09. The molecule has 0 saturated heterocycles. The number of anilines is 2. The van der Waals surface area contributed by atoms with Crippen LogP contribution in [0.4, 0.5) is 11.5 Å². The van der Waals surface area contributed by atoms with E-state index in [9.17, 15) is 4.79 Å². The maximum Gasteiger partial charge on any atom is 0.348 e. The van der Waals surface area contributed by atoms with Crippen LogP contribution in [0.5, 0.6) is 0 Å². The van der Waals surface area contributed by atoms with E-state index in [0.717, 1.165) is 27.0 Å². The number of hydrogen-bond donors (Lipinski definition) is 1. The smallest absolute Gasteiger partial charge is 0.348 e. The van der Waals surface area contributed by atoms with Gasteiger partial charge in [0.05, 0.1) is 12.0 Å². The van der Waals surface area contributed by atoms with Crippen molar-refractivity contribution in [3.8, 4) is 0 Å². The number of aromatic nitrogens is 2. The van der Waals surface area contributed by atoms with Crippen molar-refractivity contribution in [1.82, 2.24) is 9.97 Å². The average molecular weight is 392 g/mol. The number of esters is 1. The minimum Gasteiger partial charge on any atom is -0.459 e. The monoisotopic (exact) mass is 391 g/mol. The Balaban J connectivity index is 1.97. The highest BCUT2D eigenvalue weighted by atomic mass is 35.5. The standard InChI is InChI=1S/C18H18ClN3O3S/c1-10-4-5-12(19)8-13(10)22-16-14-11(2)15(18(23)25-7-6-24-3)26-17(14)21-9-20-16/h4-5,8-9H,6-7H2,1-3H3,(H,20,21,22). The molecule has 0 unspecified atom stereocenters. The lowest BCUT2D eigenvalue weighted by Gasteiger charge is -2.10. The molecule has 2 aromatic heterocycles. The van der Waals surface area contributed by atoms with Crippen LogP contribution in [0.1, 0.15) is 20.8 Å². The normalized spacial score (nSPS) is 10.9. The van der Waals surface area contributed by atoms with Gasteiger partial charge in [-0.3, -0.25) is 0 Å². The fraction of sp³-hybridized carbons (Fsp3) is 0.278. The molecule has 6 nitrogen and oxygen atoms in total. The van der Waals surface area contributed by atoms with E-state index >= 15 is 0 Å². The number of thiophene rings is 1. The minimum absolute atomic E-state index is 0.210. The van der Waals surface area contributed by atoms with Gasteiger partial charge in [0.1, 0.15) is 28.5 Å². The molecule has 3 aromatic rings. The van der Waals surface area contributed by atoms with Crippen LogP contribution < -0.4 is 5.32 Å². The summed E-state index contributed by atoms with van der Waals surface area (Å²) >= 11 is 7.39. The van der Waals surface area contributed by atoms with Gasteiger partial charge in [0, 0.05) is 17.8 Å². The second kappa shape index (κ2) is 7.99. The zero-order valence-corrected chi connectivity index (χ0v) is 16.2. The number of carbonyl (C=O) groups is 1. The fourth-order valence-electron chi connectivity index (χ4n) is 2.50. The van der Waals surface area contributed by atoms with Crippen LogP contribution >= 0.6 is 22.9 Å². The van der Waals surface area contributed by atoms with Gasteiger partial charge in [-0.2, -0.15) is 0 Å². The largest absolute Gasteiger partial charge is 0.459 e. The van der Waals surface area contributed by atoms with Crippen molar-refractivity contribution >= 4 is 50.6 Å². The van der Waals surface area contributed by atoms with Gasteiger partial charge < -0.3 is 14.8 Å². The van der Waals surface area contributed by atoms with E-state index in [4.69, 9.17) is 21.1 Å². The van der Waals surface area contributed by atoms with Crippen molar-refractivity contribution in [2.75, 3.05) is 25.6 Å². The Morgan fingerprint density at radius 2 is 2.08 bits per heavy atom. The Labute approximate surface area is 160 Å². The van der Waals surface area contributed by atoms with Crippen molar-refractivity contribution in [1.29, 1.82) is 0 Å². The summed E-state index contributed by atoms with van der Waals surface area (Å²) in [4.78, 5) is 22.2. The van der Waals surface area contributed by atoms with Crippen molar-refractivity contribution in [3.05, 3.63) is 45.6 Å². The van der Waals surface area contributed by atoms with E-state index in [1.54, 1.807) is 7.11 Å². The summed E-state index contributed by atoms with van der Waals surface area (Å²) in [5.41, 5.74) is 2.68. The maximum atomic E-state index is 12.3. The molecule has 0 aliphatic carbocycles. The number of fused-ring (bicyclic) bond motifs is 1. The molecule has 2 heterocycles. The summed E-state index contributed by atoms with van der Waals surface area (Å²) in [5, 5.41) is 4.73. The molecule has 0 fully saturated rings. The van der Waals surface area contributed by atoms with E-state index in [2.05, 4.69) is 15.3 Å². The summed E-state index contributed by atoms with van der Waals surface area (Å²) in [6, 6.07) is 5.61. The van der Waals surface area contributed by atoms with Crippen molar-refractivity contribution < 1.29 is 14.3 Å². The van der Waals surface area contributed by atoms with Crippen LogP contribution in [0.25, 0.3) is 10.2 Å². The van der Waals surface area contributed by atoms with E-state index in [-0.39, 0.29) is 12.6 Å². The topological polar surface area (TPSA) is 73.3 Å². The highest BCUT2D eigenvalue weighted by Gasteiger charge is 2.20. The van der Waals surface area contributed by atoms with Gasteiger partial charge in [-0.1, -0.05) is 17.7 Å². The number of aryl methyl sites for hydroxylation is 2. The first kappa shape index (κ1) is 18.6. The average Bonchev–Trinajstić information content (AvgIpc) is 2.96. The van der Waals surface area contributed by atoms with Crippen LogP contribution in [-0.4, -0.2) is 36.3 Å². The molecule has 0 saturated carbocycles. The summed E-state index contributed by atoms with van der Waals surface area (Å²) in [5.74, 6) is 0.248. The molecule has 136 valence electrons. The van der Waals surface area contributed by atoms with Crippen molar-refractivity contribution in [2.45, 2.75) is 13.8 Å². The SMILES string of the molecule is COCCOC(=O)c1sc2ncnc(Nc3cc(Cl)ccc3C)c2c1C. The number of halogens is 1. The number of methoxy groups -OCH3 is 1. The van der Waals surface area contributed by atoms with Gasteiger partial charge in [0.2, 0.25) is 0 Å². The number of ether oxygens (including phenoxy) is 2. The van der Waals surface area contributed by atoms with Crippen molar-refractivity contribution in [3.63, 3.8) is 0 Å². The Bertz CT molecular complexity index is 958. The zero-order valence-electron chi connectivity index (χ0n) is 14.6. The predicted molar refractivity (Wildman–Crippen MR) is 104 cm³/mol. The molecule has 0 bridgehead atoms. The van der Waals surface area contributed by atoms with Crippen LogP contribution in [0.15, 0.2) is 24.5 Å². The molecule has 0 aliphatic rings. The Morgan fingerprint density at radius 3 is 2.85 bits per heavy atom. The molecule has 0 aliphatic heterocycles. The molecule has 3 rings (SSSR count). The summed E-state index contributed by atoms with van der Waals surface area (Å²) in [6.07, 6.45) is 1.47. The van der Waals surface area contributed by atoms with Crippen molar-refractivity contribution in [2.24, 2.45) is 0 Å². The van der Waals surface area contributed by atoms with Gasteiger partial charge in [0.15, 0.2) is 0 Å². The molecule has 1 N–H and O–H groups in total. The molecular weight excluding hydrogens is 374 g/mol. The Morgan fingerprint density at radius 1 is 1.27 bits per heavy atom. The first-order valence-corrected chi connectivity index (χ1v) is 9.14. The van der Waals surface area contributed by atoms with Crippen LogP contribution in [0.3, 0.4) is 0 Å². The Hall–Kier alpha value is -2.22. The highest BCUT2D eigenvalue weighted by molar-refractivity contribution is 7.20. The van der Waals surface area contributed by atoms with Crippen LogP contribution in [0.2, 0.25) is 5.02 Å². The first-order chi connectivity index (χ1) is 12.5. The minimum atomic E-state index is -0.382. The van der Waals surface area contributed by atoms with Crippen LogP contribution in [-0.2, 0) is 9.47 Å². The molecular formula is C18H18ClN3O3S. The molecule has 0 spiro atoms. The number of carbonyl (C=O) groups excluding carboxylic acids is 1. The summed E-state index contributed by atoms with van der Waals surface area (Å²) in [6.45, 7) is 4.42. The third-order valence-electron chi connectivity index (χ3n) is 3.89. The van der Waals surface area contributed by atoms with Gasteiger partial charge in [0.25, 0.3) is 0 Å². The molecule has 1 aromatic carbocycles. The number of benzene rings is 1. The molecule has 0 radical (unpaired) electrons. The van der Waals surface area contributed by atoms with Gasteiger partial charge in [-0.25, -0.2) is 14.8 Å². The third kappa shape index (κ3) is 3.80. The predicted octanol–water partition coefficient (Wildman–Crippen LogP) is 4.51. The zero-order chi connectivity index (χ0) is 18.7. The van der Waals surface area contributed by atoms with Gasteiger partial charge in [-0.05, 0) is 37.1 Å². The summed E-state index contributed by atoms with van der Waals surface area (Å²) in [7, 11) is 1.56. The number of nitrogens with zero attached hydrogens (tertiary/aromatic N) is 2. The van der Waals surface area contributed by atoms with Crippen LogP contribution in [0, 0.1) is 13.8 Å². The van der Waals surface area contributed by atoms with E-state index in [1.807, 2.05) is 32.0 Å². The number of nitrogens with one attached hydrogen (secondary N) is 1. The van der Waals surface area contributed by atoms with E-state index < -0.39 is 0 Å². The molecule has 0 amide bonds. The van der Waals surface area contributed by atoms with Gasteiger partial charge >= 0.3 is 5.97 Å². The number of hydrogen-bond acceptors (Lipinski definition) is 7. The van der Waals surface area contributed by atoms with E-state index in [0.29, 0.717) is 22.3 Å². The molecule has 0 atom stereocenters. The summed E-state index contributed by atoms with van der Waals surface area (Å²) < 4.78 is 10.1. The molecule has 26 heavy (non-hydrogen) atoms. The first-order valence-electron chi connectivity index (χ1n) is 7.94. The maximum absolute atomic E-state index is 12.3. The number of rotatable bonds is 6. The second-order valence-electron chi connectivity index (χ2n) is 5.67. The Kier molecular flexibility index (Phi) is 5.70. The van der Waals surface area contributed by atoms with E-state index in [1.165, 1.54) is 17.7 Å². The highest BCUT2D eigenvalue weighted by Crippen LogP contribution is 2.35. The molecule has 8 heteroatoms. The third-order valence-corrected chi connectivity index (χ3v) is 5.30. The lowest BCUT2D eigenvalue weighted by atomic mass is 10.1. The quantitative estimate of drug-likeness (QED) is 0.492. The van der Waals surface area contributed by atoms with Gasteiger partial charge in [-0.15, -0.1) is 11.3 Å². The second-order valence-corrected chi connectivity index (χ2v) is 7.11.